The van der Waals surface area contributed by atoms with E-state index >= 15 is 0 Å². The Morgan fingerprint density at radius 3 is 2.05 bits per heavy atom. The fourth-order valence-corrected chi connectivity index (χ4v) is 2.55. The van der Waals surface area contributed by atoms with Gasteiger partial charge in [-0.1, -0.05) is 67.4 Å². The summed E-state index contributed by atoms with van der Waals surface area (Å²) in [6, 6.07) is 18.4. The van der Waals surface area contributed by atoms with Crippen LogP contribution in [-0.2, 0) is 5.60 Å². The summed E-state index contributed by atoms with van der Waals surface area (Å²) >= 11 is 0. The van der Waals surface area contributed by atoms with Crippen LogP contribution in [0.1, 0.15) is 38.2 Å². The van der Waals surface area contributed by atoms with E-state index < -0.39 is 5.60 Å². The highest BCUT2D eigenvalue weighted by Crippen LogP contribution is 2.29. The van der Waals surface area contributed by atoms with Crippen LogP contribution in [0.2, 0.25) is 0 Å². The fourth-order valence-electron chi connectivity index (χ4n) is 2.55. The molecule has 0 aliphatic carbocycles. The molecule has 2 rings (SSSR count). The lowest BCUT2D eigenvalue weighted by Crippen LogP contribution is -2.20. The van der Waals surface area contributed by atoms with Crippen molar-refractivity contribution in [3.05, 3.63) is 60.2 Å². The molecule has 0 bridgehead atoms. The minimum absolute atomic E-state index is 0.230. The Morgan fingerprint density at radius 2 is 1.43 bits per heavy atom. The fraction of sp³-hybridized carbons (Fsp3) is 0.368. The van der Waals surface area contributed by atoms with E-state index in [2.05, 4.69) is 24.3 Å². The summed E-state index contributed by atoms with van der Waals surface area (Å²) in [5.41, 5.74) is 2.50. The second-order valence-corrected chi connectivity index (χ2v) is 5.75. The summed E-state index contributed by atoms with van der Waals surface area (Å²) < 4.78 is 0. The molecule has 2 nitrogen and oxygen atoms in total. The van der Waals surface area contributed by atoms with E-state index in [1.54, 1.807) is 0 Å². The van der Waals surface area contributed by atoms with Crippen molar-refractivity contribution in [2.24, 2.45) is 0 Å². The number of rotatable bonds is 7. The van der Waals surface area contributed by atoms with Gasteiger partial charge in [0, 0.05) is 6.61 Å². The average Bonchev–Trinajstić information content (AvgIpc) is 2.53. The van der Waals surface area contributed by atoms with E-state index in [4.69, 9.17) is 5.11 Å². The molecule has 2 N–H and O–H groups in total. The zero-order valence-electron chi connectivity index (χ0n) is 12.6. The zero-order valence-corrected chi connectivity index (χ0v) is 12.6. The lowest BCUT2D eigenvalue weighted by Gasteiger charge is -2.24. The van der Waals surface area contributed by atoms with Gasteiger partial charge in [0.1, 0.15) is 0 Å². The van der Waals surface area contributed by atoms with Gasteiger partial charge in [-0.25, -0.2) is 0 Å². The topological polar surface area (TPSA) is 40.5 Å². The summed E-state index contributed by atoms with van der Waals surface area (Å²) in [6.07, 6.45) is 3.41. The van der Waals surface area contributed by atoms with Crippen LogP contribution >= 0.6 is 0 Å². The molecule has 0 fully saturated rings. The smallest absolute Gasteiger partial charge is 0.0868 e. The molecule has 2 heteroatoms. The number of unbranched alkanes of at least 4 members (excludes halogenated alkanes) is 2. The van der Waals surface area contributed by atoms with Crippen molar-refractivity contribution < 1.29 is 10.2 Å². The molecule has 2 aromatic carbocycles. The second kappa shape index (κ2) is 7.39. The number of aliphatic hydroxyl groups excluding tert-OH is 1. The number of hydrogen-bond acceptors (Lipinski definition) is 2. The summed E-state index contributed by atoms with van der Waals surface area (Å²) in [5, 5.41) is 19.4. The third-order valence-electron chi connectivity index (χ3n) is 3.94. The highest BCUT2D eigenvalue weighted by atomic mass is 16.3. The van der Waals surface area contributed by atoms with Crippen molar-refractivity contribution in [1.82, 2.24) is 0 Å². The van der Waals surface area contributed by atoms with Crippen LogP contribution in [0.25, 0.3) is 11.1 Å². The SMILES string of the molecule is CC(O)(CCCCCO)c1ccc(-c2ccccc2)cc1. The highest BCUT2D eigenvalue weighted by molar-refractivity contribution is 5.63. The highest BCUT2D eigenvalue weighted by Gasteiger charge is 2.22. The Kier molecular flexibility index (Phi) is 5.54. The monoisotopic (exact) mass is 284 g/mol. The van der Waals surface area contributed by atoms with Gasteiger partial charge in [0.15, 0.2) is 0 Å². The lowest BCUT2D eigenvalue weighted by atomic mass is 9.89. The number of aliphatic hydroxyl groups is 2. The van der Waals surface area contributed by atoms with Crippen LogP contribution < -0.4 is 0 Å². The van der Waals surface area contributed by atoms with E-state index in [-0.39, 0.29) is 6.61 Å². The molecule has 2 aromatic rings. The normalized spacial score (nSPS) is 13.9. The van der Waals surface area contributed by atoms with Crippen LogP contribution in [0, 0.1) is 0 Å². The molecule has 1 unspecified atom stereocenters. The van der Waals surface area contributed by atoms with Crippen molar-refractivity contribution in [2.45, 2.75) is 38.2 Å². The molecule has 1 atom stereocenters. The molecule has 112 valence electrons. The maximum atomic E-state index is 10.6. The predicted octanol–water partition coefficient (Wildman–Crippen LogP) is 4.11. The molecule has 0 saturated carbocycles. The van der Waals surface area contributed by atoms with Gasteiger partial charge < -0.3 is 10.2 Å². The molecule has 21 heavy (non-hydrogen) atoms. The van der Waals surface area contributed by atoms with Gasteiger partial charge in [-0.2, -0.15) is 0 Å². The Bertz CT molecular complexity index is 529. The molecule has 0 amide bonds. The van der Waals surface area contributed by atoms with Crippen LogP contribution in [0.4, 0.5) is 0 Å². The molecule has 0 aromatic heterocycles. The van der Waals surface area contributed by atoms with Gasteiger partial charge in [0.25, 0.3) is 0 Å². The predicted molar refractivity (Wildman–Crippen MR) is 87.0 cm³/mol. The van der Waals surface area contributed by atoms with Gasteiger partial charge in [0.05, 0.1) is 5.60 Å². The summed E-state index contributed by atoms with van der Waals surface area (Å²) in [4.78, 5) is 0. The Labute approximate surface area is 127 Å². The summed E-state index contributed by atoms with van der Waals surface area (Å²) in [7, 11) is 0. The molecular weight excluding hydrogens is 260 g/mol. The van der Waals surface area contributed by atoms with E-state index in [0.29, 0.717) is 0 Å². The van der Waals surface area contributed by atoms with Gasteiger partial charge in [-0.05, 0) is 36.5 Å². The molecule has 0 aliphatic heterocycles. The van der Waals surface area contributed by atoms with Crippen LogP contribution in [0.3, 0.4) is 0 Å². The van der Waals surface area contributed by atoms with Crippen molar-refractivity contribution in [3.8, 4) is 11.1 Å². The third kappa shape index (κ3) is 4.42. The molecule has 0 aliphatic rings. The first-order valence-corrected chi connectivity index (χ1v) is 7.63. The van der Waals surface area contributed by atoms with Crippen molar-refractivity contribution in [2.75, 3.05) is 6.61 Å². The maximum Gasteiger partial charge on any atom is 0.0868 e. The van der Waals surface area contributed by atoms with Crippen molar-refractivity contribution >= 4 is 0 Å². The number of benzene rings is 2. The van der Waals surface area contributed by atoms with E-state index in [0.717, 1.165) is 36.8 Å². The van der Waals surface area contributed by atoms with E-state index in [9.17, 15) is 5.11 Å². The van der Waals surface area contributed by atoms with E-state index in [1.807, 2.05) is 37.3 Å². The summed E-state index contributed by atoms with van der Waals surface area (Å²) in [5.74, 6) is 0. The Morgan fingerprint density at radius 1 is 0.810 bits per heavy atom. The van der Waals surface area contributed by atoms with Crippen LogP contribution in [-0.4, -0.2) is 16.8 Å². The average molecular weight is 284 g/mol. The quantitative estimate of drug-likeness (QED) is 0.751. The van der Waals surface area contributed by atoms with Crippen LogP contribution in [0.15, 0.2) is 54.6 Å². The molecule has 0 spiro atoms. The first-order valence-electron chi connectivity index (χ1n) is 7.63. The standard InChI is InChI=1S/C19H24O2/c1-19(21,14-6-3-7-15-20)18-12-10-17(11-13-18)16-8-4-2-5-9-16/h2,4-5,8-13,20-21H,3,6-7,14-15H2,1H3. The van der Waals surface area contributed by atoms with Crippen molar-refractivity contribution in [1.29, 1.82) is 0 Å². The second-order valence-electron chi connectivity index (χ2n) is 5.75. The first kappa shape index (κ1) is 15.7. The third-order valence-corrected chi connectivity index (χ3v) is 3.94. The van der Waals surface area contributed by atoms with Gasteiger partial charge in [0.2, 0.25) is 0 Å². The summed E-state index contributed by atoms with van der Waals surface area (Å²) in [6.45, 7) is 2.09. The Hall–Kier alpha value is -1.64. The first-order chi connectivity index (χ1) is 10.1. The van der Waals surface area contributed by atoms with Crippen LogP contribution in [0.5, 0.6) is 0 Å². The minimum Gasteiger partial charge on any atom is -0.396 e. The molecule has 0 heterocycles. The Balaban J connectivity index is 2.04. The van der Waals surface area contributed by atoms with E-state index in [1.165, 1.54) is 5.56 Å². The molecule has 0 saturated heterocycles. The van der Waals surface area contributed by atoms with Gasteiger partial charge >= 0.3 is 0 Å². The zero-order chi connectivity index (χ0) is 15.1. The van der Waals surface area contributed by atoms with Gasteiger partial charge in [-0.3, -0.25) is 0 Å². The maximum absolute atomic E-state index is 10.6. The molecule has 0 radical (unpaired) electrons. The largest absolute Gasteiger partial charge is 0.396 e. The number of hydrogen-bond donors (Lipinski definition) is 2. The van der Waals surface area contributed by atoms with Gasteiger partial charge in [-0.15, -0.1) is 0 Å². The van der Waals surface area contributed by atoms with Crippen molar-refractivity contribution in [3.63, 3.8) is 0 Å². The minimum atomic E-state index is -0.801. The lowest BCUT2D eigenvalue weighted by molar-refractivity contribution is 0.0445. The molecular formula is C19H24O2.